The number of allylic oxidation sites excluding steroid dienone is 2. The van der Waals surface area contributed by atoms with Crippen molar-refractivity contribution in [2.75, 3.05) is 6.61 Å². The Morgan fingerprint density at radius 3 is 2.81 bits per heavy atom. The molecule has 0 spiro atoms. The molecular weight excluding hydrogens is 196 g/mol. The summed E-state index contributed by atoms with van der Waals surface area (Å²) in [6.07, 6.45) is 9.19. The summed E-state index contributed by atoms with van der Waals surface area (Å²) in [5.74, 6) is 1.66. The van der Waals surface area contributed by atoms with Crippen molar-refractivity contribution in [3.63, 3.8) is 0 Å². The highest BCUT2D eigenvalue weighted by atomic mass is 16.5. The van der Waals surface area contributed by atoms with Gasteiger partial charge in [0.05, 0.1) is 6.10 Å². The van der Waals surface area contributed by atoms with Crippen LogP contribution in [0.4, 0.5) is 0 Å². The van der Waals surface area contributed by atoms with E-state index in [-0.39, 0.29) is 0 Å². The first-order valence-corrected chi connectivity index (χ1v) is 6.83. The lowest BCUT2D eigenvalue weighted by Gasteiger charge is -2.29. The first-order valence-electron chi connectivity index (χ1n) is 6.83. The third-order valence-corrected chi connectivity index (χ3v) is 3.51. The number of hydrogen-bond donors (Lipinski definition) is 0. The third kappa shape index (κ3) is 5.69. The molecule has 1 heterocycles. The van der Waals surface area contributed by atoms with E-state index < -0.39 is 0 Å². The zero-order valence-electron chi connectivity index (χ0n) is 11.5. The standard InChI is InChI=1S/C15H28O/c1-12(2)6-5-7-13(3)10-15-11-14(4)8-9-16-15/h6,13-15H,5,7-11H2,1-4H3. The molecule has 0 aromatic rings. The van der Waals surface area contributed by atoms with Crippen LogP contribution in [-0.2, 0) is 4.74 Å². The van der Waals surface area contributed by atoms with Crippen molar-refractivity contribution in [2.45, 2.75) is 65.9 Å². The lowest BCUT2D eigenvalue weighted by atomic mass is 9.90. The van der Waals surface area contributed by atoms with Gasteiger partial charge in [-0.1, -0.05) is 25.5 Å². The lowest BCUT2D eigenvalue weighted by molar-refractivity contribution is -0.0172. The normalized spacial score (nSPS) is 27.5. The van der Waals surface area contributed by atoms with Gasteiger partial charge in [-0.25, -0.2) is 0 Å². The highest BCUT2D eigenvalue weighted by molar-refractivity contribution is 4.92. The van der Waals surface area contributed by atoms with Gasteiger partial charge < -0.3 is 4.74 Å². The van der Waals surface area contributed by atoms with Crippen molar-refractivity contribution in [2.24, 2.45) is 11.8 Å². The van der Waals surface area contributed by atoms with Crippen LogP contribution >= 0.6 is 0 Å². The maximum Gasteiger partial charge on any atom is 0.0580 e. The minimum absolute atomic E-state index is 0.533. The van der Waals surface area contributed by atoms with Crippen LogP contribution in [0.15, 0.2) is 11.6 Å². The van der Waals surface area contributed by atoms with Crippen LogP contribution in [-0.4, -0.2) is 12.7 Å². The number of ether oxygens (including phenoxy) is 1. The van der Waals surface area contributed by atoms with E-state index in [1.807, 2.05) is 0 Å². The molecule has 0 aromatic carbocycles. The van der Waals surface area contributed by atoms with E-state index in [0.717, 1.165) is 18.4 Å². The second-order valence-corrected chi connectivity index (χ2v) is 5.82. The predicted octanol–water partition coefficient (Wildman–Crippen LogP) is 4.57. The highest BCUT2D eigenvalue weighted by Crippen LogP contribution is 2.25. The van der Waals surface area contributed by atoms with Gasteiger partial charge in [-0.05, 0) is 57.8 Å². The summed E-state index contributed by atoms with van der Waals surface area (Å²) in [7, 11) is 0. The topological polar surface area (TPSA) is 9.23 Å². The Hall–Kier alpha value is -0.300. The molecule has 1 aliphatic rings. The van der Waals surface area contributed by atoms with Crippen molar-refractivity contribution >= 4 is 0 Å². The fourth-order valence-electron chi connectivity index (χ4n) is 2.46. The van der Waals surface area contributed by atoms with Crippen LogP contribution in [0.25, 0.3) is 0 Å². The second-order valence-electron chi connectivity index (χ2n) is 5.82. The van der Waals surface area contributed by atoms with Crippen molar-refractivity contribution in [3.8, 4) is 0 Å². The van der Waals surface area contributed by atoms with Gasteiger partial charge in [-0.2, -0.15) is 0 Å². The molecule has 1 aliphatic heterocycles. The number of rotatable bonds is 5. The highest BCUT2D eigenvalue weighted by Gasteiger charge is 2.20. The molecule has 0 aromatic heterocycles. The molecule has 0 bridgehead atoms. The van der Waals surface area contributed by atoms with Crippen molar-refractivity contribution < 1.29 is 4.74 Å². The zero-order valence-corrected chi connectivity index (χ0v) is 11.5. The van der Waals surface area contributed by atoms with Crippen LogP contribution in [0, 0.1) is 11.8 Å². The Morgan fingerprint density at radius 1 is 1.44 bits per heavy atom. The van der Waals surface area contributed by atoms with E-state index in [9.17, 15) is 0 Å². The van der Waals surface area contributed by atoms with Crippen LogP contribution in [0.1, 0.15) is 59.8 Å². The molecule has 0 radical (unpaired) electrons. The maximum atomic E-state index is 5.83. The van der Waals surface area contributed by atoms with E-state index in [4.69, 9.17) is 4.74 Å². The Morgan fingerprint density at radius 2 is 2.19 bits per heavy atom. The first-order chi connectivity index (χ1) is 7.58. The molecule has 0 amide bonds. The average molecular weight is 224 g/mol. The molecule has 94 valence electrons. The minimum Gasteiger partial charge on any atom is -0.378 e. The fraction of sp³-hybridized carbons (Fsp3) is 0.867. The monoisotopic (exact) mass is 224 g/mol. The summed E-state index contributed by atoms with van der Waals surface area (Å²) in [6.45, 7) is 10.0. The minimum atomic E-state index is 0.533. The average Bonchev–Trinajstić information content (AvgIpc) is 2.16. The van der Waals surface area contributed by atoms with Gasteiger partial charge in [0, 0.05) is 6.61 Å². The molecule has 3 unspecified atom stereocenters. The molecule has 1 saturated heterocycles. The van der Waals surface area contributed by atoms with E-state index in [1.54, 1.807) is 0 Å². The van der Waals surface area contributed by atoms with Gasteiger partial charge in [0.25, 0.3) is 0 Å². The van der Waals surface area contributed by atoms with Gasteiger partial charge in [-0.15, -0.1) is 0 Å². The first kappa shape index (κ1) is 13.8. The smallest absolute Gasteiger partial charge is 0.0580 e. The Kier molecular flexibility index (Phi) is 6.12. The molecule has 0 aliphatic carbocycles. The Bertz CT molecular complexity index is 215. The second kappa shape index (κ2) is 7.11. The molecule has 1 rings (SSSR count). The molecule has 0 saturated carbocycles. The summed E-state index contributed by atoms with van der Waals surface area (Å²) in [5.41, 5.74) is 1.44. The summed E-state index contributed by atoms with van der Waals surface area (Å²) >= 11 is 0. The quantitative estimate of drug-likeness (QED) is 0.621. The summed E-state index contributed by atoms with van der Waals surface area (Å²) in [5, 5.41) is 0. The molecular formula is C15H28O. The Balaban J connectivity index is 2.17. The van der Waals surface area contributed by atoms with E-state index >= 15 is 0 Å². The van der Waals surface area contributed by atoms with Crippen molar-refractivity contribution in [1.29, 1.82) is 0 Å². The van der Waals surface area contributed by atoms with E-state index in [2.05, 4.69) is 33.8 Å². The van der Waals surface area contributed by atoms with Gasteiger partial charge in [0.1, 0.15) is 0 Å². The summed E-state index contributed by atoms with van der Waals surface area (Å²) in [4.78, 5) is 0. The predicted molar refractivity (Wildman–Crippen MR) is 70.6 cm³/mol. The zero-order chi connectivity index (χ0) is 12.0. The van der Waals surface area contributed by atoms with Gasteiger partial charge in [0.2, 0.25) is 0 Å². The van der Waals surface area contributed by atoms with E-state index in [1.165, 1.54) is 37.7 Å². The summed E-state index contributed by atoms with van der Waals surface area (Å²) in [6, 6.07) is 0. The molecule has 1 nitrogen and oxygen atoms in total. The molecule has 3 atom stereocenters. The number of hydrogen-bond acceptors (Lipinski definition) is 1. The van der Waals surface area contributed by atoms with Crippen LogP contribution < -0.4 is 0 Å². The summed E-state index contributed by atoms with van der Waals surface area (Å²) < 4.78 is 5.83. The van der Waals surface area contributed by atoms with Gasteiger partial charge in [0.15, 0.2) is 0 Å². The van der Waals surface area contributed by atoms with Crippen LogP contribution in [0.5, 0.6) is 0 Å². The molecule has 0 N–H and O–H groups in total. The largest absolute Gasteiger partial charge is 0.378 e. The van der Waals surface area contributed by atoms with Gasteiger partial charge in [-0.3, -0.25) is 0 Å². The third-order valence-electron chi connectivity index (χ3n) is 3.51. The maximum absolute atomic E-state index is 5.83. The van der Waals surface area contributed by atoms with Crippen LogP contribution in [0.3, 0.4) is 0 Å². The molecule has 1 heteroatoms. The van der Waals surface area contributed by atoms with E-state index in [0.29, 0.717) is 6.10 Å². The van der Waals surface area contributed by atoms with Gasteiger partial charge >= 0.3 is 0 Å². The lowest BCUT2D eigenvalue weighted by Crippen LogP contribution is -2.25. The van der Waals surface area contributed by atoms with Crippen molar-refractivity contribution in [1.82, 2.24) is 0 Å². The van der Waals surface area contributed by atoms with Crippen molar-refractivity contribution in [3.05, 3.63) is 11.6 Å². The molecule has 16 heavy (non-hydrogen) atoms. The fourth-order valence-corrected chi connectivity index (χ4v) is 2.46. The van der Waals surface area contributed by atoms with Crippen LogP contribution in [0.2, 0.25) is 0 Å². The Labute approximate surface area is 101 Å². The SMILES string of the molecule is CC(C)=CCCC(C)CC1CC(C)CCO1. The molecule has 1 fully saturated rings.